The first-order valence-corrected chi connectivity index (χ1v) is 9.01. The molecule has 0 bridgehead atoms. The molecule has 5 heteroatoms. The molecule has 0 amide bonds. The van der Waals surface area contributed by atoms with Gasteiger partial charge in [0, 0.05) is 12.0 Å². The molecular formula is C13H17F3OSi. The van der Waals surface area contributed by atoms with Gasteiger partial charge in [-0.1, -0.05) is 42.5 Å². The van der Waals surface area contributed by atoms with Crippen molar-refractivity contribution in [2.24, 2.45) is 0 Å². The Morgan fingerprint density at radius 2 is 1.89 bits per heavy atom. The molecule has 0 radical (unpaired) electrons. The van der Waals surface area contributed by atoms with Crippen LogP contribution in [0.15, 0.2) is 24.3 Å². The van der Waals surface area contributed by atoms with Crippen molar-refractivity contribution in [2.75, 3.05) is 0 Å². The number of ketones is 1. The molecule has 0 aliphatic carbocycles. The van der Waals surface area contributed by atoms with Crippen molar-refractivity contribution in [2.45, 2.75) is 38.7 Å². The van der Waals surface area contributed by atoms with Crippen molar-refractivity contribution in [3.8, 4) is 0 Å². The van der Waals surface area contributed by atoms with E-state index in [1.807, 2.05) is 19.2 Å². The maximum absolute atomic E-state index is 12.3. The topological polar surface area (TPSA) is 17.1 Å². The van der Waals surface area contributed by atoms with Crippen LogP contribution in [0.1, 0.15) is 23.7 Å². The summed E-state index contributed by atoms with van der Waals surface area (Å²) in [5, 5.41) is 0.902. The first-order chi connectivity index (χ1) is 8.12. The molecule has 1 aromatic carbocycles. The second kappa shape index (κ2) is 5.26. The fourth-order valence-electron chi connectivity index (χ4n) is 1.76. The lowest BCUT2D eigenvalue weighted by Crippen LogP contribution is -2.42. The van der Waals surface area contributed by atoms with Gasteiger partial charge in [0.25, 0.3) is 0 Å². The molecule has 100 valence electrons. The van der Waals surface area contributed by atoms with E-state index in [4.69, 9.17) is 0 Å². The highest BCUT2D eigenvalue weighted by atomic mass is 28.3. The van der Waals surface area contributed by atoms with Crippen LogP contribution in [-0.2, 0) is 0 Å². The monoisotopic (exact) mass is 274 g/mol. The molecule has 0 aliphatic heterocycles. The maximum atomic E-state index is 12.3. The van der Waals surface area contributed by atoms with Crippen LogP contribution < -0.4 is 5.19 Å². The predicted octanol–water partition coefficient (Wildman–Crippen LogP) is 3.76. The second-order valence-corrected chi connectivity index (χ2v) is 9.98. The minimum absolute atomic E-state index is 0.0579. The number of benzene rings is 1. The second-order valence-electron chi connectivity index (χ2n) is 5.14. The molecule has 0 aromatic heterocycles. The van der Waals surface area contributed by atoms with E-state index in [0.29, 0.717) is 5.56 Å². The normalized spacial score (nSPS) is 12.6. The number of halogens is 3. The average molecular weight is 274 g/mol. The highest BCUT2D eigenvalue weighted by Gasteiger charge is 2.33. The first kappa shape index (κ1) is 15.0. The molecular weight excluding hydrogens is 257 g/mol. The lowest BCUT2D eigenvalue weighted by atomic mass is 10.2. The average Bonchev–Trinajstić information content (AvgIpc) is 2.26. The van der Waals surface area contributed by atoms with Crippen LogP contribution in [0, 0.1) is 0 Å². The molecule has 0 saturated heterocycles. The Labute approximate surface area is 106 Å². The van der Waals surface area contributed by atoms with Gasteiger partial charge in [-0.15, -0.1) is 0 Å². The van der Waals surface area contributed by atoms with Crippen molar-refractivity contribution in [3.63, 3.8) is 0 Å². The smallest absolute Gasteiger partial charge is 0.295 e. The van der Waals surface area contributed by atoms with Crippen molar-refractivity contribution < 1.29 is 18.0 Å². The fraction of sp³-hybridized carbons (Fsp3) is 0.462. The molecule has 0 N–H and O–H groups in total. The summed E-state index contributed by atoms with van der Waals surface area (Å²) in [6.45, 7) is 5.26. The lowest BCUT2D eigenvalue weighted by molar-refractivity contribution is -0.130. The lowest BCUT2D eigenvalue weighted by Gasteiger charge is -2.24. The summed E-state index contributed by atoms with van der Waals surface area (Å²) < 4.78 is 36.8. The van der Waals surface area contributed by atoms with Gasteiger partial charge in [-0.3, -0.25) is 4.79 Å². The molecule has 0 atom stereocenters. The molecule has 18 heavy (non-hydrogen) atoms. The zero-order chi connectivity index (χ0) is 14.0. The molecule has 0 saturated carbocycles. The van der Waals surface area contributed by atoms with E-state index in [2.05, 4.69) is 0 Å². The molecule has 0 fully saturated rings. The minimum atomic E-state index is -4.11. The zero-order valence-electron chi connectivity index (χ0n) is 10.8. The van der Waals surface area contributed by atoms with Crippen molar-refractivity contribution in [1.82, 2.24) is 0 Å². The van der Waals surface area contributed by atoms with Gasteiger partial charge in [0.15, 0.2) is 5.78 Å². The quantitative estimate of drug-likeness (QED) is 0.603. The largest absolute Gasteiger partial charge is 0.388 e. The van der Waals surface area contributed by atoms with Crippen molar-refractivity contribution in [3.05, 3.63) is 29.8 Å². The summed E-state index contributed by atoms with van der Waals surface area (Å²) in [5.74, 6) is -0.0579. The summed E-state index contributed by atoms with van der Waals surface area (Å²) in [5.41, 5.74) is 0.570. The highest BCUT2D eigenvalue weighted by Crippen LogP contribution is 2.26. The van der Waals surface area contributed by atoms with E-state index in [9.17, 15) is 18.0 Å². The number of hydrogen-bond acceptors (Lipinski definition) is 1. The van der Waals surface area contributed by atoms with Crippen LogP contribution in [0.5, 0.6) is 0 Å². The summed E-state index contributed by atoms with van der Waals surface area (Å²) in [6.07, 6.45) is -4.86. The van der Waals surface area contributed by atoms with E-state index in [-0.39, 0.29) is 11.8 Å². The molecule has 1 nitrogen and oxygen atoms in total. The molecule has 0 unspecified atom stereocenters. The van der Waals surface area contributed by atoms with Gasteiger partial charge < -0.3 is 0 Å². The first-order valence-electron chi connectivity index (χ1n) is 5.80. The van der Waals surface area contributed by atoms with Gasteiger partial charge in [0.05, 0.1) is 8.07 Å². The van der Waals surface area contributed by atoms with Gasteiger partial charge in [-0.05, 0) is 13.0 Å². The van der Waals surface area contributed by atoms with Crippen LogP contribution in [0.4, 0.5) is 13.2 Å². The summed E-state index contributed by atoms with van der Waals surface area (Å²) in [4.78, 5) is 11.3. The third kappa shape index (κ3) is 4.29. The third-order valence-corrected chi connectivity index (χ3v) is 6.46. The van der Waals surface area contributed by atoms with E-state index in [1.54, 1.807) is 18.2 Å². The Balaban J connectivity index is 2.90. The van der Waals surface area contributed by atoms with Gasteiger partial charge >= 0.3 is 6.18 Å². The van der Waals surface area contributed by atoms with Crippen LogP contribution in [-0.4, -0.2) is 20.0 Å². The fourth-order valence-corrected chi connectivity index (χ4v) is 4.05. The number of alkyl halides is 3. The van der Waals surface area contributed by atoms with E-state index < -0.39 is 20.7 Å². The Bertz CT molecular complexity index is 438. The van der Waals surface area contributed by atoms with Crippen molar-refractivity contribution in [1.29, 1.82) is 0 Å². The van der Waals surface area contributed by atoms with Gasteiger partial charge in [0.1, 0.15) is 0 Å². The van der Waals surface area contributed by atoms with Crippen molar-refractivity contribution >= 4 is 19.0 Å². The van der Waals surface area contributed by atoms with Gasteiger partial charge in [0.2, 0.25) is 0 Å². The standard InChI is InChI=1S/C13H17F3OSi/c1-10(17)11-5-4-6-12(9-11)18(2,3)8-7-13(14,15)16/h4-6,9H,7-8H2,1-3H3. The van der Waals surface area contributed by atoms with Crippen LogP contribution in [0.3, 0.4) is 0 Å². The summed E-state index contributed by atoms with van der Waals surface area (Å²) >= 11 is 0. The van der Waals surface area contributed by atoms with E-state index in [1.165, 1.54) is 6.92 Å². The SMILES string of the molecule is CC(=O)c1cccc([Si](C)(C)CCC(F)(F)F)c1. The predicted molar refractivity (Wildman–Crippen MR) is 69.0 cm³/mol. The number of rotatable bonds is 4. The number of Topliss-reactive ketones (excluding diaryl/α,β-unsaturated/α-hetero) is 1. The molecule has 0 heterocycles. The number of hydrogen-bond donors (Lipinski definition) is 0. The highest BCUT2D eigenvalue weighted by molar-refractivity contribution is 6.89. The van der Waals surface area contributed by atoms with Gasteiger partial charge in [-0.25, -0.2) is 0 Å². The van der Waals surface area contributed by atoms with Crippen LogP contribution in [0.2, 0.25) is 19.1 Å². The molecule has 1 aromatic rings. The Morgan fingerprint density at radius 1 is 1.28 bits per heavy atom. The number of carbonyl (C=O) groups is 1. The Kier molecular flexibility index (Phi) is 4.37. The Morgan fingerprint density at radius 3 is 2.39 bits per heavy atom. The van der Waals surface area contributed by atoms with E-state index >= 15 is 0 Å². The summed E-state index contributed by atoms with van der Waals surface area (Å²) in [6, 6.07) is 7.16. The number of carbonyl (C=O) groups excluding carboxylic acids is 1. The maximum Gasteiger partial charge on any atom is 0.388 e. The van der Waals surface area contributed by atoms with Gasteiger partial charge in [-0.2, -0.15) is 13.2 Å². The minimum Gasteiger partial charge on any atom is -0.295 e. The van der Waals surface area contributed by atoms with Crippen LogP contribution in [0.25, 0.3) is 0 Å². The van der Waals surface area contributed by atoms with Crippen LogP contribution >= 0.6 is 0 Å². The third-order valence-electron chi connectivity index (χ3n) is 3.08. The Hall–Kier alpha value is -1.10. The molecule has 1 rings (SSSR count). The molecule has 0 spiro atoms. The van der Waals surface area contributed by atoms with E-state index in [0.717, 1.165) is 5.19 Å². The zero-order valence-corrected chi connectivity index (χ0v) is 11.8. The molecule has 0 aliphatic rings. The summed E-state index contributed by atoms with van der Waals surface area (Å²) in [7, 11) is -2.14.